The molecule has 3 rings (SSSR count). The molecule has 2 aliphatic rings. The Kier molecular flexibility index (Phi) is 3.77. The van der Waals surface area contributed by atoms with E-state index in [2.05, 4.69) is 10.6 Å². The Balaban J connectivity index is 1.81. The highest BCUT2D eigenvalue weighted by atomic mass is 19.1. The molecule has 0 unspecified atom stereocenters. The molecule has 5 nitrogen and oxygen atoms in total. The molecular weight excluding hydrogens is 275 g/mol. The molecule has 6 heteroatoms. The minimum Gasteiger partial charge on any atom is -0.479 e. The van der Waals surface area contributed by atoms with Gasteiger partial charge in [0.05, 0.1) is 11.4 Å². The van der Waals surface area contributed by atoms with E-state index in [4.69, 9.17) is 4.74 Å². The SMILES string of the molecule is O=C1COc2c(cc(F)cc2NC(=O)C2CCCCC2)N1. The monoisotopic (exact) mass is 292 g/mol. The van der Waals surface area contributed by atoms with Gasteiger partial charge in [-0.15, -0.1) is 0 Å². The molecule has 0 spiro atoms. The Morgan fingerprint density at radius 2 is 2.05 bits per heavy atom. The van der Waals surface area contributed by atoms with E-state index in [0.717, 1.165) is 32.1 Å². The Hall–Kier alpha value is -2.11. The number of anilines is 2. The molecule has 1 aliphatic carbocycles. The van der Waals surface area contributed by atoms with Crippen LogP contribution in [0.25, 0.3) is 0 Å². The van der Waals surface area contributed by atoms with Gasteiger partial charge in [-0.1, -0.05) is 19.3 Å². The number of benzene rings is 1. The summed E-state index contributed by atoms with van der Waals surface area (Å²) in [5.74, 6) is -0.685. The zero-order valence-electron chi connectivity index (χ0n) is 11.6. The number of amides is 2. The highest BCUT2D eigenvalue weighted by molar-refractivity contribution is 6.00. The van der Waals surface area contributed by atoms with Gasteiger partial charge >= 0.3 is 0 Å². The number of carbonyl (C=O) groups excluding carboxylic acids is 2. The van der Waals surface area contributed by atoms with Crippen LogP contribution in [0.5, 0.6) is 5.75 Å². The summed E-state index contributed by atoms with van der Waals surface area (Å²) in [5, 5.41) is 5.28. The molecule has 1 fully saturated rings. The lowest BCUT2D eigenvalue weighted by atomic mass is 9.88. The predicted molar refractivity (Wildman–Crippen MR) is 75.7 cm³/mol. The number of halogens is 1. The number of ether oxygens (including phenoxy) is 1. The zero-order chi connectivity index (χ0) is 14.8. The van der Waals surface area contributed by atoms with Crippen LogP contribution in [0.2, 0.25) is 0 Å². The molecule has 0 atom stereocenters. The van der Waals surface area contributed by atoms with Gasteiger partial charge in [0.15, 0.2) is 12.4 Å². The molecule has 2 N–H and O–H groups in total. The van der Waals surface area contributed by atoms with E-state index in [1.807, 2.05) is 0 Å². The fourth-order valence-corrected chi connectivity index (χ4v) is 2.86. The molecule has 0 radical (unpaired) electrons. The van der Waals surface area contributed by atoms with Crippen LogP contribution in [-0.4, -0.2) is 18.4 Å². The highest BCUT2D eigenvalue weighted by Gasteiger charge is 2.25. The third-order valence-corrected chi connectivity index (χ3v) is 3.91. The van der Waals surface area contributed by atoms with Gasteiger partial charge in [-0.3, -0.25) is 9.59 Å². The van der Waals surface area contributed by atoms with Crippen LogP contribution >= 0.6 is 0 Å². The summed E-state index contributed by atoms with van der Waals surface area (Å²) in [4.78, 5) is 23.5. The summed E-state index contributed by atoms with van der Waals surface area (Å²) in [6.45, 7) is -0.134. The van der Waals surface area contributed by atoms with Gasteiger partial charge in [0, 0.05) is 18.1 Å². The topological polar surface area (TPSA) is 67.4 Å². The maximum atomic E-state index is 13.6. The summed E-state index contributed by atoms with van der Waals surface area (Å²) in [7, 11) is 0. The molecule has 0 aromatic heterocycles. The molecule has 1 aliphatic heterocycles. The van der Waals surface area contributed by atoms with Crippen molar-refractivity contribution in [2.45, 2.75) is 32.1 Å². The third kappa shape index (κ3) is 2.99. The minimum absolute atomic E-state index is 0.0316. The average molecular weight is 292 g/mol. The van der Waals surface area contributed by atoms with Crippen molar-refractivity contribution in [2.24, 2.45) is 5.92 Å². The van der Waals surface area contributed by atoms with E-state index < -0.39 is 5.82 Å². The van der Waals surface area contributed by atoms with E-state index in [9.17, 15) is 14.0 Å². The van der Waals surface area contributed by atoms with Crippen LogP contribution < -0.4 is 15.4 Å². The molecule has 1 saturated carbocycles. The number of nitrogens with one attached hydrogen (secondary N) is 2. The van der Waals surface area contributed by atoms with E-state index in [0.29, 0.717) is 5.75 Å². The lowest BCUT2D eigenvalue weighted by Crippen LogP contribution is -2.28. The maximum absolute atomic E-state index is 13.6. The molecule has 1 heterocycles. The second-order valence-electron chi connectivity index (χ2n) is 5.49. The standard InChI is InChI=1S/C15H17FN2O3/c16-10-6-11-14(21-8-13(19)17-11)12(7-10)18-15(20)9-4-2-1-3-5-9/h6-7,9H,1-5,8H2,(H,17,19)(H,18,20). The lowest BCUT2D eigenvalue weighted by molar-refractivity contribution is -0.120. The smallest absolute Gasteiger partial charge is 0.262 e. The zero-order valence-corrected chi connectivity index (χ0v) is 11.6. The second kappa shape index (κ2) is 5.71. The number of hydrogen-bond acceptors (Lipinski definition) is 3. The van der Waals surface area contributed by atoms with Gasteiger partial charge in [0.1, 0.15) is 5.82 Å². The Bertz CT molecular complexity index is 583. The number of rotatable bonds is 2. The van der Waals surface area contributed by atoms with Crippen molar-refractivity contribution in [1.82, 2.24) is 0 Å². The van der Waals surface area contributed by atoms with Crippen molar-refractivity contribution < 1.29 is 18.7 Å². The molecule has 0 bridgehead atoms. The normalized spacial score (nSPS) is 18.4. The fraction of sp³-hybridized carbons (Fsp3) is 0.467. The summed E-state index contributed by atoms with van der Waals surface area (Å²) >= 11 is 0. The first-order valence-corrected chi connectivity index (χ1v) is 7.20. The number of fused-ring (bicyclic) bond motifs is 1. The number of hydrogen-bond donors (Lipinski definition) is 2. The molecule has 0 saturated heterocycles. The third-order valence-electron chi connectivity index (χ3n) is 3.91. The van der Waals surface area contributed by atoms with Crippen LogP contribution in [0.1, 0.15) is 32.1 Å². The fourth-order valence-electron chi connectivity index (χ4n) is 2.86. The van der Waals surface area contributed by atoms with Gasteiger partial charge in [-0.05, 0) is 12.8 Å². The molecule has 2 amide bonds. The number of carbonyl (C=O) groups is 2. The average Bonchev–Trinajstić information content (AvgIpc) is 2.47. The Morgan fingerprint density at radius 1 is 1.29 bits per heavy atom. The Morgan fingerprint density at radius 3 is 2.81 bits per heavy atom. The van der Waals surface area contributed by atoms with E-state index in [1.54, 1.807) is 0 Å². The molecular formula is C15H17FN2O3. The van der Waals surface area contributed by atoms with Gasteiger partial charge in [-0.2, -0.15) is 0 Å². The summed E-state index contributed by atoms with van der Waals surface area (Å²) in [6, 6.07) is 2.40. The van der Waals surface area contributed by atoms with Crippen molar-refractivity contribution >= 4 is 23.2 Å². The Labute approximate surface area is 121 Å². The van der Waals surface area contributed by atoms with Crippen molar-refractivity contribution in [2.75, 3.05) is 17.2 Å². The molecule has 112 valence electrons. The summed E-state index contributed by atoms with van der Waals surface area (Å²) < 4.78 is 18.9. The first kappa shape index (κ1) is 13.9. The maximum Gasteiger partial charge on any atom is 0.262 e. The van der Waals surface area contributed by atoms with Crippen LogP contribution in [-0.2, 0) is 9.59 Å². The molecule has 1 aromatic rings. The van der Waals surface area contributed by atoms with Crippen LogP contribution in [0.3, 0.4) is 0 Å². The van der Waals surface area contributed by atoms with E-state index >= 15 is 0 Å². The predicted octanol–water partition coefficient (Wildman–Crippen LogP) is 2.68. The van der Waals surface area contributed by atoms with Crippen molar-refractivity contribution in [3.05, 3.63) is 17.9 Å². The summed E-state index contributed by atoms with van der Waals surface area (Å²) in [5.41, 5.74) is 0.533. The lowest BCUT2D eigenvalue weighted by Gasteiger charge is -2.24. The van der Waals surface area contributed by atoms with E-state index in [-0.39, 0.29) is 35.7 Å². The van der Waals surface area contributed by atoms with Crippen LogP contribution in [0.15, 0.2) is 12.1 Å². The van der Waals surface area contributed by atoms with Crippen molar-refractivity contribution in [3.8, 4) is 5.75 Å². The highest BCUT2D eigenvalue weighted by Crippen LogP contribution is 2.37. The van der Waals surface area contributed by atoms with E-state index in [1.165, 1.54) is 12.1 Å². The first-order chi connectivity index (χ1) is 10.1. The molecule has 1 aromatic carbocycles. The van der Waals surface area contributed by atoms with Crippen molar-refractivity contribution in [1.29, 1.82) is 0 Å². The van der Waals surface area contributed by atoms with Crippen molar-refractivity contribution in [3.63, 3.8) is 0 Å². The molecule has 21 heavy (non-hydrogen) atoms. The first-order valence-electron chi connectivity index (χ1n) is 7.20. The van der Waals surface area contributed by atoms with Gasteiger partial charge < -0.3 is 15.4 Å². The second-order valence-corrected chi connectivity index (χ2v) is 5.49. The minimum atomic E-state index is -0.529. The van der Waals surface area contributed by atoms with Gasteiger partial charge in [-0.25, -0.2) is 4.39 Å². The largest absolute Gasteiger partial charge is 0.479 e. The van der Waals surface area contributed by atoms with Gasteiger partial charge in [0.25, 0.3) is 5.91 Å². The van der Waals surface area contributed by atoms with Crippen LogP contribution in [0.4, 0.5) is 15.8 Å². The summed E-state index contributed by atoms with van der Waals surface area (Å²) in [6.07, 6.45) is 4.98. The van der Waals surface area contributed by atoms with Crippen LogP contribution in [0, 0.1) is 11.7 Å². The van der Waals surface area contributed by atoms with Gasteiger partial charge in [0.2, 0.25) is 5.91 Å². The quantitative estimate of drug-likeness (QED) is 0.880.